The number of hydrogen-bond donors (Lipinski definition) is 13. The van der Waals surface area contributed by atoms with Gasteiger partial charge in [-0.2, -0.15) is 13.2 Å². The van der Waals surface area contributed by atoms with Crippen LogP contribution >= 0.6 is 56.7 Å². The van der Waals surface area contributed by atoms with Gasteiger partial charge in [-0.25, -0.2) is 24.9 Å². The highest BCUT2D eigenvalue weighted by atomic mass is 32.1. The van der Waals surface area contributed by atoms with Gasteiger partial charge in [0, 0.05) is 59.2 Å². The van der Waals surface area contributed by atoms with E-state index in [1.54, 1.807) is 71.0 Å². The first-order valence-corrected chi connectivity index (χ1v) is 52.9. The Morgan fingerprint density at radius 2 is 0.636 bits per heavy atom. The molecule has 0 spiro atoms. The van der Waals surface area contributed by atoms with Crippen molar-refractivity contribution >= 4 is 195 Å². The Balaban J connectivity index is 0.000000171. The summed E-state index contributed by atoms with van der Waals surface area (Å²) >= 11 is 6.67. The van der Waals surface area contributed by atoms with E-state index >= 15 is 0 Å². The molecule has 1 saturated carbocycles. The van der Waals surface area contributed by atoms with Gasteiger partial charge in [0.1, 0.15) is 0 Å². The molecular weight excluding hydrogens is 1910 g/mol. The van der Waals surface area contributed by atoms with Crippen molar-refractivity contribution in [2.75, 3.05) is 26.2 Å². The fourth-order valence-electron chi connectivity index (χ4n) is 16.7. The Hall–Kier alpha value is -12.3. The number of nitrogens with one attached hydrogen (secondary N) is 12. The number of rotatable bonds is 45. The van der Waals surface area contributed by atoms with E-state index in [2.05, 4.69) is 62.1 Å². The van der Waals surface area contributed by atoms with Crippen LogP contribution in [0.3, 0.4) is 0 Å². The van der Waals surface area contributed by atoms with Crippen LogP contribution in [-0.4, -0.2) is 174 Å². The molecule has 756 valence electrons. The minimum absolute atomic E-state index is 0.0464. The van der Waals surface area contributed by atoms with Crippen molar-refractivity contribution in [2.24, 2.45) is 23.5 Å². The van der Waals surface area contributed by atoms with Gasteiger partial charge in [0.15, 0.2) is 25.0 Å². The van der Waals surface area contributed by atoms with Gasteiger partial charge >= 0.3 is 6.18 Å². The lowest BCUT2D eigenvalue weighted by Gasteiger charge is -2.24. The van der Waals surface area contributed by atoms with Crippen molar-refractivity contribution in [3.63, 3.8) is 0 Å². The Kier molecular flexibility index (Phi) is 43.6. The number of aromatic nitrogens is 5. The second-order valence-corrected chi connectivity index (χ2v) is 41.7. The molecule has 3 fully saturated rings. The number of hydrogen-bond acceptors (Lipinski definition) is 28. The van der Waals surface area contributed by atoms with Crippen LogP contribution < -0.4 is 43.0 Å². The lowest BCUT2D eigenvalue weighted by atomic mass is 9.97. The SMILES string of the molecule is CC(=N)CCCC[C@H](NC(=O)[C@H]1CCCNC1)C(=O)c1nc2ccccc2s1.CC(=N)CCCC[C@H](NC(=O)[C@H]1CCNC1)C(=O)c1nc2ccccc2s1.CC(=N)CCCC[C@H](NC(=O)[C@H]1CC[C@@H](N)C1)C(=O)c1nc2ccccc2s1.CC(=N)CCCC[C@H](NC(=O)c1ccccc1)C(=O)c1nc2ccccc2s1.CC(=N)CCCC[C@H](NC(=O)c1ccccc1C(F)(F)F)C(=O)c1nc2ccccc2s1. The second-order valence-electron chi connectivity index (χ2n) is 36.5. The molecule has 14 N–H and O–H groups in total. The largest absolute Gasteiger partial charge is 0.417 e. The fourth-order valence-corrected chi connectivity index (χ4v) is 21.5. The third-order valence-corrected chi connectivity index (χ3v) is 29.8. The predicted octanol–water partition coefficient (Wildman–Crippen LogP) is 21.2. The van der Waals surface area contributed by atoms with Gasteiger partial charge in [-0.15, -0.1) is 56.7 Å². The molecule has 5 amide bonds. The van der Waals surface area contributed by atoms with Crippen LogP contribution in [0.25, 0.3) is 51.1 Å². The van der Waals surface area contributed by atoms with E-state index in [1.807, 2.05) is 115 Å². The van der Waals surface area contributed by atoms with E-state index < -0.39 is 59.2 Å². The zero-order chi connectivity index (χ0) is 102. The van der Waals surface area contributed by atoms with Crippen LogP contribution in [0.5, 0.6) is 0 Å². The topological polar surface area (TPSA) is 465 Å². The number of alkyl halides is 3. The number of Topliss-reactive ketones (excluding diaryl/α,β-unsaturated/α-hetero) is 5. The number of halogens is 3. The number of ketones is 5. The molecule has 15 rings (SSSR count). The quantitative estimate of drug-likeness (QED) is 0.00957. The number of unbranched alkanes of at least 4 members (excludes halogenated alkanes) is 5. The zero-order valence-corrected chi connectivity index (χ0v) is 85.3. The maximum absolute atomic E-state index is 13.3. The first kappa shape index (κ1) is 111. The van der Waals surface area contributed by atoms with Crippen LogP contribution in [-0.2, 0) is 20.6 Å². The van der Waals surface area contributed by atoms with Crippen molar-refractivity contribution in [3.05, 3.63) is 218 Å². The summed E-state index contributed by atoms with van der Waals surface area (Å²) in [6.45, 7) is 11.9. The van der Waals surface area contributed by atoms with E-state index in [4.69, 9.17) is 32.8 Å². The van der Waals surface area contributed by atoms with Gasteiger partial charge in [-0.1, -0.05) is 123 Å². The highest BCUT2D eigenvalue weighted by molar-refractivity contribution is 7.22. The number of piperidine rings is 1. The molecule has 0 unspecified atom stereocenters. The molecule has 3 aliphatic rings. The highest BCUT2D eigenvalue weighted by Gasteiger charge is 2.38. The summed E-state index contributed by atoms with van der Waals surface area (Å²) < 4.78 is 44.7. The van der Waals surface area contributed by atoms with Crippen LogP contribution in [0, 0.1) is 44.8 Å². The van der Waals surface area contributed by atoms with Crippen LogP contribution in [0.15, 0.2) is 176 Å². The fraction of sp³-hybridized carbons (Fsp3) is 0.421. The van der Waals surface area contributed by atoms with Gasteiger partial charge in [0.2, 0.25) is 46.6 Å². The van der Waals surface area contributed by atoms with Crippen molar-refractivity contribution in [1.82, 2.24) is 62.1 Å². The number of thiazole rings is 5. The number of benzene rings is 7. The Labute approximate surface area is 850 Å². The zero-order valence-electron chi connectivity index (χ0n) is 81.2. The number of fused-ring (bicyclic) bond motifs is 5. The van der Waals surface area contributed by atoms with Gasteiger partial charge in [0.25, 0.3) is 11.8 Å². The molecule has 143 heavy (non-hydrogen) atoms. The monoisotopic (exact) mass is 2040 g/mol. The normalized spacial score (nSPS) is 16.0. The molecule has 9 atom stereocenters. The number of amides is 5. The molecule has 0 bridgehead atoms. The molecule has 12 aromatic rings. The minimum Gasteiger partial charge on any atom is -0.346 e. The van der Waals surface area contributed by atoms with Crippen molar-refractivity contribution in [3.8, 4) is 0 Å². The maximum Gasteiger partial charge on any atom is 0.417 e. The molecular formula is C107H127F3N18O10S5. The Morgan fingerprint density at radius 1 is 0.350 bits per heavy atom. The van der Waals surface area contributed by atoms with Gasteiger partial charge in [-0.3, -0.25) is 47.9 Å². The summed E-state index contributed by atoms with van der Waals surface area (Å²) in [6, 6.07) is 48.0. The number of carbonyl (C=O) groups excluding carboxylic acids is 10. The van der Waals surface area contributed by atoms with Crippen LogP contribution in [0.2, 0.25) is 0 Å². The average Bonchev–Trinajstić information content (AvgIpc) is 1.60. The van der Waals surface area contributed by atoms with Crippen LogP contribution in [0.4, 0.5) is 13.2 Å². The average molecular weight is 2040 g/mol. The van der Waals surface area contributed by atoms with Crippen LogP contribution in [0.1, 0.15) is 277 Å². The van der Waals surface area contributed by atoms with Crippen molar-refractivity contribution in [1.29, 1.82) is 27.0 Å². The van der Waals surface area contributed by atoms with E-state index in [0.717, 1.165) is 167 Å². The third kappa shape index (κ3) is 34.8. The molecule has 7 heterocycles. The summed E-state index contributed by atoms with van der Waals surface area (Å²) in [5.74, 6) is -2.58. The Bertz CT molecular complexity index is 6130. The lowest BCUT2D eigenvalue weighted by Crippen LogP contribution is -2.47. The summed E-state index contributed by atoms with van der Waals surface area (Å²) in [4.78, 5) is 151. The Morgan fingerprint density at radius 3 is 0.923 bits per heavy atom. The van der Waals surface area contributed by atoms with E-state index in [0.29, 0.717) is 137 Å². The first-order valence-electron chi connectivity index (χ1n) is 48.8. The smallest absolute Gasteiger partial charge is 0.346 e. The third-order valence-electron chi connectivity index (χ3n) is 24.6. The molecule has 36 heteroatoms. The van der Waals surface area contributed by atoms with E-state index in [-0.39, 0.29) is 82.0 Å². The predicted molar refractivity (Wildman–Crippen MR) is 567 cm³/mol. The molecule has 28 nitrogen and oxygen atoms in total. The number of para-hydroxylation sites is 5. The molecule has 7 aromatic carbocycles. The maximum atomic E-state index is 13.3. The van der Waals surface area contributed by atoms with Gasteiger partial charge in [-0.05, 0) is 267 Å². The molecule has 0 radical (unpaired) electrons. The summed E-state index contributed by atoms with van der Waals surface area (Å²) in [6.07, 6.45) is 13.8. The number of nitrogens with zero attached hydrogens (tertiary/aromatic N) is 5. The highest BCUT2D eigenvalue weighted by Crippen LogP contribution is 2.35. The standard InChI is InChI=1S/C23H22F3N3O2S.C22H23N3O2S.2C21H28N4O2S.C20H26N4O2S/c1-14(27)8-2-5-12-18(20(30)22-29-17-11-6-7-13-19(17)32-22)28-21(31)15-9-3-4-10-16(15)23(24,25)26;1-15(23)9-5-6-13-18(24-21(27)16-10-3-2-4-11-16)20(26)22-25-17-12-7-8-14-19(17)28-22;1-14(22)7-2-3-10-17(24-20(27)15-8-6-12-23-13-15)19(26)21-25-16-9-4-5-11-18(16)28-21;1-13(22)6-2-3-8-17(24-20(27)14-10-11-15(23)12-14)19(26)21-25-16-7-4-5-9-18(16)28-21;1-13(21)6-2-3-8-16(23-19(26)14-10-11-22-12-14)18(25)20-24-15-7-4-5-9-17(15)27-20/h3-4,6-7,9-11,13,18,27H,2,5,8,12H2,1H3,(H,28,31);2-4,7-8,10-12,14,18,23H,5-6,9,13H2,1H3,(H,24,27);4-5,9,11,15,17,22-23H,2-3,6-8,10,12-13H2,1H3,(H,24,27);4-5,7,9,14-15,17,22H,2-3,6,8,10-12,23H2,1H3,(H,24,27);4-5,7,9,14,16,21-22H,2-3,6,8,10-12H2,1H3,(H,23,26)/t2*18-;15-,17-;14-,15+,17-;14-,16-/m00000/s1. The van der Waals surface area contributed by atoms with Crippen molar-refractivity contribution < 1.29 is 61.1 Å². The number of carbonyl (C=O) groups is 10. The number of nitrogens with two attached hydrogens (primary N) is 1. The van der Waals surface area contributed by atoms with E-state index in [1.165, 1.54) is 68.8 Å². The van der Waals surface area contributed by atoms with Crippen molar-refractivity contribution in [2.45, 2.75) is 244 Å². The minimum atomic E-state index is -4.69. The molecule has 2 aliphatic heterocycles. The lowest BCUT2D eigenvalue weighted by molar-refractivity contribution is -0.138. The summed E-state index contributed by atoms with van der Waals surface area (Å²) in [7, 11) is 0. The van der Waals surface area contributed by atoms with Gasteiger partial charge in [0.05, 0.1) is 104 Å². The second kappa shape index (κ2) is 56.1. The molecule has 2 saturated heterocycles. The summed E-state index contributed by atoms with van der Waals surface area (Å²) in [5, 5.41) is 60.5. The van der Waals surface area contributed by atoms with E-state index in [9.17, 15) is 61.1 Å². The van der Waals surface area contributed by atoms with Gasteiger partial charge < -0.3 is 70.0 Å². The molecule has 5 aromatic heterocycles. The first-order chi connectivity index (χ1) is 68.7. The molecule has 1 aliphatic carbocycles. The summed E-state index contributed by atoms with van der Waals surface area (Å²) in [5.41, 5.74) is 11.8.